The third-order valence-electron chi connectivity index (χ3n) is 8.11. The molecule has 45 heavy (non-hydrogen) atoms. The fourth-order valence-electron chi connectivity index (χ4n) is 5.55. The van der Waals surface area contributed by atoms with Crippen LogP contribution in [0.5, 0.6) is 0 Å². The predicted molar refractivity (Wildman–Crippen MR) is 179 cm³/mol. The second kappa shape index (κ2) is 12.1. The Morgan fingerprint density at radius 2 is 1.73 bits per heavy atom. The fraction of sp³-hybridized carbons (Fsp3) is 0.219. The summed E-state index contributed by atoms with van der Waals surface area (Å²) in [7, 11) is -1.21. The highest BCUT2D eigenvalue weighted by Gasteiger charge is 2.30. The maximum absolute atomic E-state index is 13.7. The van der Waals surface area contributed by atoms with Gasteiger partial charge in [0.2, 0.25) is 0 Å². The summed E-state index contributed by atoms with van der Waals surface area (Å²) in [5.41, 5.74) is 2.49. The van der Waals surface area contributed by atoms with E-state index in [0.717, 1.165) is 29.8 Å². The maximum Gasteiger partial charge on any atom is 0.296 e. The van der Waals surface area contributed by atoms with Gasteiger partial charge >= 0.3 is 0 Å². The molecule has 2 heterocycles. The summed E-state index contributed by atoms with van der Waals surface area (Å²) in [4.78, 5) is 33.9. The molecule has 1 N–H and O–H groups in total. The molecule has 0 bridgehead atoms. The average Bonchev–Trinajstić information content (AvgIpc) is 3.56. The van der Waals surface area contributed by atoms with Crippen LogP contribution in [0.3, 0.4) is 0 Å². The number of nitrogens with zero attached hydrogens (tertiary/aromatic N) is 4. The van der Waals surface area contributed by atoms with Crippen molar-refractivity contribution in [3.05, 3.63) is 121 Å². The minimum Gasteiger partial charge on any atom is -0.287 e. The van der Waals surface area contributed by atoms with Gasteiger partial charge in [0.05, 0.1) is 27.1 Å². The molecule has 0 aliphatic heterocycles. The predicted octanol–water partition coefficient (Wildman–Crippen LogP) is 6.60. The van der Waals surface area contributed by atoms with Gasteiger partial charge in [0.1, 0.15) is 10.6 Å². The van der Waals surface area contributed by atoms with E-state index in [1.807, 2.05) is 24.3 Å². The van der Waals surface area contributed by atoms with Gasteiger partial charge in [0.15, 0.2) is 5.13 Å². The number of rotatable bonds is 7. The molecule has 0 saturated heterocycles. The third-order valence-corrected chi connectivity index (χ3v) is 11.6. The first-order valence-corrected chi connectivity index (χ1v) is 17.2. The Kier molecular flexibility index (Phi) is 8.38. The van der Waals surface area contributed by atoms with Gasteiger partial charge in [-0.25, -0.2) is 18.1 Å². The van der Waals surface area contributed by atoms with Crippen molar-refractivity contribution < 1.29 is 13.2 Å². The van der Waals surface area contributed by atoms with Gasteiger partial charge in [-0.2, -0.15) is 0 Å². The zero-order chi connectivity index (χ0) is 32.0. The Balaban J connectivity index is 1.28. The topological polar surface area (TPSA) is 106 Å². The highest BCUT2D eigenvalue weighted by molar-refractivity contribution is 7.92. The van der Waals surface area contributed by atoms with Crippen LogP contribution in [0.25, 0.3) is 5.69 Å². The number of thiazole rings is 1. The lowest BCUT2D eigenvalue weighted by Gasteiger charge is -2.21. The number of nitrogens with one attached hydrogen (secondary N) is 1. The van der Waals surface area contributed by atoms with Crippen LogP contribution in [0.4, 0.5) is 10.8 Å². The molecule has 13 heteroatoms. The van der Waals surface area contributed by atoms with Crippen LogP contribution in [0.15, 0.2) is 82.5 Å². The number of hydrogen-bond acceptors (Lipinski definition) is 6. The molecule has 232 valence electrons. The number of sulfonamides is 1. The molecule has 5 aromatic rings. The zero-order valence-corrected chi connectivity index (χ0v) is 27.8. The SMILES string of the molecule is Cc1c(NS(=O)(=O)c2cc(C(=O)N(C)c3nc4c(s3)CC(c3ccccc3)CC4)cc(Cl)c2Cl)c(=O)n(-c2ccccc2)n1C. The summed E-state index contributed by atoms with van der Waals surface area (Å²) in [5, 5.41) is 0.123. The molecule has 1 aliphatic carbocycles. The van der Waals surface area contributed by atoms with Crippen LogP contribution in [-0.4, -0.2) is 35.7 Å². The zero-order valence-electron chi connectivity index (χ0n) is 24.6. The van der Waals surface area contributed by atoms with Crippen LogP contribution in [-0.2, 0) is 29.9 Å². The maximum atomic E-state index is 13.7. The molecule has 0 fully saturated rings. The van der Waals surface area contributed by atoms with E-state index in [1.165, 1.54) is 38.6 Å². The number of aryl methyl sites for hydroxylation is 1. The van der Waals surface area contributed by atoms with Gasteiger partial charge < -0.3 is 0 Å². The number of amides is 1. The Labute approximate surface area is 274 Å². The molecule has 3 aromatic carbocycles. The number of halogens is 2. The molecular weight excluding hydrogens is 653 g/mol. The fourth-order valence-corrected chi connectivity index (χ4v) is 8.63. The van der Waals surface area contributed by atoms with E-state index in [4.69, 9.17) is 28.2 Å². The number of benzene rings is 3. The molecule has 0 radical (unpaired) electrons. The second-order valence-electron chi connectivity index (χ2n) is 10.9. The van der Waals surface area contributed by atoms with Gasteiger partial charge in [-0.05, 0) is 61.9 Å². The Morgan fingerprint density at radius 3 is 2.42 bits per heavy atom. The average molecular weight is 683 g/mol. The van der Waals surface area contributed by atoms with E-state index in [0.29, 0.717) is 22.4 Å². The van der Waals surface area contributed by atoms with E-state index in [-0.39, 0.29) is 21.3 Å². The minimum absolute atomic E-state index is 0.00842. The van der Waals surface area contributed by atoms with Gasteiger partial charge in [0.25, 0.3) is 21.5 Å². The van der Waals surface area contributed by atoms with Crippen molar-refractivity contribution in [2.24, 2.45) is 7.05 Å². The van der Waals surface area contributed by atoms with Crippen molar-refractivity contribution in [3.8, 4) is 5.69 Å². The van der Waals surface area contributed by atoms with E-state index >= 15 is 0 Å². The Bertz CT molecular complexity index is 2090. The van der Waals surface area contributed by atoms with E-state index in [1.54, 1.807) is 50.0 Å². The minimum atomic E-state index is -4.46. The summed E-state index contributed by atoms with van der Waals surface area (Å²) >= 11 is 14.2. The molecular formula is C32H29Cl2N5O4S2. The number of aromatic nitrogens is 3. The molecule has 0 spiro atoms. The van der Waals surface area contributed by atoms with Crippen molar-refractivity contribution in [1.29, 1.82) is 0 Å². The third kappa shape index (κ3) is 5.81. The highest BCUT2D eigenvalue weighted by atomic mass is 35.5. The smallest absolute Gasteiger partial charge is 0.287 e. The lowest BCUT2D eigenvalue weighted by molar-refractivity contribution is 0.0992. The van der Waals surface area contributed by atoms with E-state index in [2.05, 4.69) is 16.9 Å². The monoisotopic (exact) mass is 681 g/mol. The van der Waals surface area contributed by atoms with Crippen LogP contribution in [0.2, 0.25) is 10.0 Å². The Morgan fingerprint density at radius 1 is 1.07 bits per heavy atom. The first kappa shape index (κ1) is 31.1. The Hall–Kier alpha value is -3.90. The molecule has 9 nitrogen and oxygen atoms in total. The summed E-state index contributed by atoms with van der Waals surface area (Å²) in [5.74, 6) is -0.119. The molecule has 2 aromatic heterocycles. The first-order valence-electron chi connectivity index (χ1n) is 14.1. The van der Waals surface area contributed by atoms with Crippen LogP contribution >= 0.6 is 34.5 Å². The number of fused-ring (bicyclic) bond motifs is 1. The molecule has 1 atom stereocenters. The van der Waals surface area contributed by atoms with Gasteiger partial charge in [-0.1, -0.05) is 71.7 Å². The van der Waals surface area contributed by atoms with Crippen molar-refractivity contribution in [2.75, 3.05) is 16.7 Å². The van der Waals surface area contributed by atoms with Gasteiger partial charge in [-0.15, -0.1) is 11.3 Å². The van der Waals surface area contributed by atoms with Crippen molar-refractivity contribution in [3.63, 3.8) is 0 Å². The molecule has 1 amide bonds. The number of hydrogen-bond donors (Lipinski definition) is 1. The number of anilines is 2. The normalized spacial score (nSPS) is 14.6. The van der Waals surface area contributed by atoms with Crippen LogP contribution in [0.1, 0.15) is 44.5 Å². The van der Waals surface area contributed by atoms with E-state index in [9.17, 15) is 18.0 Å². The molecule has 0 saturated carbocycles. The van der Waals surface area contributed by atoms with Crippen LogP contribution in [0, 0.1) is 6.92 Å². The summed E-state index contributed by atoms with van der Waals surface area (Å²) < 4.78 is 32.7. The van der Waals surface area contributed by atoms with Gasteiger partial charge in [-0.3, -0.25) is 23.9 Å². The highest BCUT2D eigenvalue weighted by Crippen LogP contribution is 2.39. The van der Waals surface area contributed by atoms with Crippen LogP contribution < -0.4 is 15.2 Å². The van der Waals surface area contributed by atoms with Crippen molar-refractivity contribution in [1.82, 2.24) is 14.3 Å². The van der Waals surface area contributed by atoms with Crippen molar-refractivity contribution in [2.45, 2.75) is 37.0 Å². The lowest BCUT2D eigenvalue weighted by atomic mass is 9.85. The number of carbonyl (C=O) groups excluding carboxylic acids is 1. The number of para-hydroxylation sites is 1. The van der Waals surface area contributed by atoms with Gasteiger partial charge in [0, 0.05) is 24.5 Å². The lowest BCUT2D eigenvalue weighted by Crippen LogP contribution is -2.27. The second-order valence-corrected chi connectivity index (χ2v) is 14.4. The van der Waals surface area contributed by atoms with E-state index < -0.39 is 26.4 Å². The number of carbonyl (C=O) groups is 1. The summed E-state index contributed by atoms with van der Waals surface area (Å²) in [6.07, 6.45) is 2.61. The standard InChI is InChI=1S/C32H29Cl2N5O4S2/c1-19-29(31(41)39(38(19)3)23-12-8-5-9-13-23)36-45(42,43)27-18-22(16-24(33)28(27)34)30(40)37(2)32-35-25-15-14-21(17-26(25)44-32)20-10-6-4-7-11-20/h4-13,16,18,21,36H,14-15,17H2,1-3H3. The molecule has 1 unspecified atom stereocenters. The molecule has 6 rings (SSSR count). The summed E-state index contributed by atoms with van der Waals surface area (Å²) in [6.45, 7) is 1.62. The largest absolute Gasteiger partial charge is 0.296 e. The first-order chi connectivity index (χ1) is 21.5. The quantitative estimate of drug-likeness (QED) is 0.208. The molecule has 1 aliphatic rings. The van der Waals surface area contributed by atoms with Crippen molar-refractivity contribution >= 4 is 61.3 Å². The summed E-state index contributed by atoms with van der Waals surface area (Å²) in [6, 6.07) is 21.7.